The predicted molar refractivity (Wildman–Crippen MR) is 200 cm³/mol. The van der Waals surface area contributed by atoms with Crippen LogP contribution in [0, 0.1) is 5.92 Å². The largest absolute Gasteiger partial charge is 0.456 e. The van der Waals surface area contributed by atoms with Crippen LogP contribution in [0.1, 0.15) is 44.7 Å². The standard InChI is InChI=1S/C44H36N4O/c1-27-23-34-31-19-11-13-21-37(31)48(43-46-41(29-15-7-5-8-16-29)45-42(47-43)30-17-9-6-10-18-30)38(34)24-28(2)44(3,4)36-26-40-35(25-33(27)36)32-20-12-14-22-39(32)49-40/h5-28H,1-4H3/b34-23-,38-24+. The number of hydrogen-bond donors (Lipinski definition) is 0. The van der Waals surface area contributed by atoms with Gasteiger partial charge in [0.2, 0.25) is 5.95 Å². The molecule has 0 spiro atoms. The molecule has 0 aliphatic heterocycles. The van der Waals surface area contributed by atoms with Crippen molar-refractivity contribution in [1.29, 1.82) is 0 Å². The Bertz CT molecular complexity index is 2610. The Hall–Kier alpha value is -5.81. The molecule has 0 amide bonds. The van der Waals surface area contributed by atoms with E-state index in [-0.39, 0.29) is 17.3 Å². The fourth-order valence-corrected chi connectivity index (χ4v) is 7.49. The number of benzene rings is 5. The summed E-state index contributed by atoms with van der Waals surface area (Å²) in [6, 6.07) is 42.0. The van der Waals surface area contributed by atoms with Crippen LogP contribution in [0.5, 0.6) is 0 Å². The first-order valence-electron chi connectivity index (χ1n) is 17.0. The molecule has 2 unspecified atom stereocenters. The minimum Gasteiger partial charge on any atom is -0.456 e. The monoisotopic (exact) mass is 636 g/mol. The minimum atomic E-state index is -0.211. The Morgan fingerprint density at radius 2 is 1.22 bits per heavy atom. The highest BCUT2D eigenvalue weighted by Gasteiger charge is 2.32. The average Bonchev–Trinajstić information content (AvgIpc) is 3.66. The first-order chi connectivity index (χ1) is 23.9. The van der Waals surface area contributed by atoms with Crippen LogP contribution in [0.15, 0.2) is 126 Å². The molecule has 5 nitrogen and oxygen atoms in total. The predicted octanol–water partition coefficient (Wildman–Crippen LogP) is 9.34. The third-order valence-corrected chi connectivity index (χ3v) is 10.5. The molecular weight excluding hydrogens is 601 g/mol. The van der Waals surface area contributed by atoms with Gasteiger partial charge < -0.3 is 4.42 Å². The molecule has 1 aliphatic rings. The number of rotatable bonds is 3. The molecule has 0 fully saturated rings. The molecule has 0 saturated carbocycles. The zero-order valence-corrected chi connectivity index (χ0v) is 28.1. The van der Waals surface area contributed by atoms with E-state index in [0.717, 1.165) is 43.9 Å². The number of fused-ring (bicyclic) bond motifs is 7. The molecule has 0 radical (unpaired) electrons. The van der Waals surface area contributed by atoms with Crippen molar-refractivity contribution < 1.29 is 4.42 Å². The van der Waals surface area contributed by atoms with Gasteiger partial charge in [-0.1, -0.05) is 137 Å². The Balaban J connectivity index is 1.35. The van der Waals surface area contributed by atoms with Crippen molar-refractivity contribution in [2.75, 3.05) is 0 Å². The second kappa shape index (κ2) is 11.1. The van der Waals surface area contributed by atoms with Crippen molar-refractivity contribution in [2.45, 2.75) is 39.0 Å². The van der Waals surface area contributed by atoms with Gasteiger partial charge in [-0.05, 0) is 46.7 Å². The summed E-state index contributed by atoms with van der Waals surface area (Å²) in [5.74, 6) is 2.17. The van der Waals surface area contributed by atoms with Crippen LogP contribution in [0.4, 0.5) is 0 Å². The fraction of sp³-hybridized carbons (Fsp3) is 0.159. The molecule has 49 heavy (non-hydrogen) atoms. The van der Waals surface area contributed by atoms with Crippen molar-refractivity contribution in [2.24, 2.45) is 5.92 Å². The number of para-hydroxylation sites is 2. The van der Waals surface area contributed by atoms with Gasteiger partial charge in [0.05, 0.1) is 10.9 Å². The molecule has 3 aromatic heterocycles. The van der Waals surface area contributed by atoms with Crippen LogP contribution in [0.2, 0.25) is 0 Å². The van der Waals surface area contributed by atoms with Crippen molar-refractivity contribution in [1.82, 2.24) is 19.5 Å². The highest BCUT2D eigenvalue weighted by atomic mass is 16.3. The summed E-state index contributed by atoms with van der Waals surface area (Å²) in [5.41, 5.74) is 7.25. The van der Waals surface area contributed by atoms with Crippen LogP contribution in [0.25, 0.3) is 73.7 Å². The Morgan fingerprint density at radius 3 is 1.92 bits per heavy atom. The summed E-state index contributed by atoms with van der Waals surface area (Å²) >= 11 is 0. The van der Waals surface area contributed by atoms with E-state index in [1.807, 2.05) is 42.5 Å². The van der Waals surface area contributed by atoms with E-state index in [2.05, 4.69) is 123 Å². The lowest BCUT2D eigenvalue weighted by molar-refractivity contribution is 0.423. The van der Waals surface area contributed by atoms with Gasteiger partial charge in [0.15, 0.2) is 11.6 Å². The maximum Gasteiger partial charge on any atom is 0.238 e. The zero-order chi connectivity index (χ0) is 33.3. The maximum atomic E-state index is 6.42. The van der Waals surface area contributed by atoms with E-state index in [4.69, 9.17) is 19.4 Å². The number of nitrogens with zero attached hydrogens (tertiary/aromatic N) is 4. The van der Waals surface area contributed by atoms with Gasteiger partial charge in [-0.25, -0.2) is 4.98 Å². The second-order valence-electron chi connectivity index (χ2n) is 13.8. The summed E-state index contributed by atoms with van der Waals surface area (Å²) in [5, 5.41) is 5.78. The van der Waals surface area contributed by atoms with Gasteiger partial charge in [-0.2, -0.15) is 9.97 Å². The zero-order valence-electron chi connectivity index (χ0n) is 28.1. The van der Waals surface area contributed by atoms with E-state index in [0.29, 0.717) is 17.6 Å². The van der Waals surface area contributed by atoms with E-state index < -0.39 is 0 Å². The summed E-state index contributed by atoms with van der Waals surface area (Å²) in [7, 11) is 0. The molecule has 5 aromatic carbocycles. The van der Waals surface area contributed by atoms with Crippen LogP contribution < -0.4 is 10.6 Å². The van der Waals surface area contributed by atoms with E-state index in [9.17, 15) is 0 Å². The lowest BCUT2D eigenvalue weighted by Crippen LogP contribution is -2.33. The number of furan rings is 1. The van der Waals surface area contributed by atoms with Gasteiger partial charge in [0.25, 0.3) is 0 Å². The Morgan fingerprint density at radius 1 is 0.612 bits per heavy atom. The van der Waals surface area contributed by atoms with Crippen LogP contribution >= 0.6 is 0 Å². The van der Waals surface area contributed by atoms with Crippen molar-refractivity contribution in [3.8, 4) is 28.7 Å². The molecule has 1 aliphatic carbocycles. The summed E-state index contributed by atoms with van der Waals surface area (Å²) in [6.07, 6.45) is 4.85. The van der Waals surface area contributed by atoms with Gasteiger partial charge in [-0.3, -0.25) is 4.57 Å². The quantitative estimate of drug-likeness (QED) is 0.194. The summed E-state index contributed by atoms with van der Waals surface area (Å²) in [4.78, 5) is 15.3. The third-order valence-electron chi connectivity index (χ3n) is 10.5. The topological polar surface area (TPSA) is 56.7 Å². The van der Waals surface area contributed by atoms with E-state index in [1.165, 1.54) is 21.7 Å². The normalized spacial score (nSPS) is 18.4. The van der Waals surface area contributed by atoms with Crippen molar-refractivity contribution >= 4 is 45.0 Å². The van der Waals surface area contributed by atoms with Crippen molar-refractivity contribution in [3.63, 3.8) is 0 Å². The molecule has 0 saturated heterocycles. The smallest absolute Gasteiger partial charge is 0.238 e. The highest BCUT2D eigenvalue weighted by molar-refractivity contribution is 6.05. The second-order valence-corrected chi connectivity index (χ2v) is 13.8. The molecule has 8 aromatic rings. The summed E-state index contributed by atoms with van der Waals surface area (Å²) < 4.78 is 8.66. The number of aromatic nitrogens is 4. The van der Waals surface area contributed by atoms with Crippen LogP contribution in [-0.4, -0.2) is 19.5 Å². The molecule has 0 bridgehead atoms. The fourth-order valence-electron chi connectivity index (χ4n) is 7.49. The molecule has 0 N–H and O–H groups in total. The highest BCUT2D eigenvalue weighted by Crippen LogP contribution is 2.42. The molecule has 5 heteroatoms. The van der Waals surface area contributed by atoms with Crippen molar-refractivity contribution in [3.05, 3.63) is 143 Å². The SMILES string of the molecule is CC1/C=c2\c(n(-c3nc(-c4ccccc4)nc(-c4ccccc4)n3)c3ccccc23)=C/C(C)C(C)(C)c2cc3oc4ccccc4c3cc21. The third kappa shape index (κ3) is 4.72. The van der Waals surface area contributed by atoms with Gasteiger partial charge >= 0.3 is 0 Å². The first-order valence-corrected chi connectivity index (χ1v) is 17.0. The van der Waals surface area contributed by atoms with Gasteiger partial charge in [0, 0.05) is 38.4 Å². The molecule has 9 rings (SSSR count). The molecular formula is C44H36N4O. The Kier molecular flexibility index (Phi) is 6.66. The molecule has 238 valence electrons. The first kappa shape index (κ1) is 29.3. The molecule has 2 atom stereocenters. The summed E-state index contributed by atoms with van der Waals surface area (Å²) in [6.45, 7) is 9.36. The Labute approximate surface area is 284 Å². The van der Waals surface area contributed by atoms with E-state index in [1.54, 1.807) is 0 Å². The van der Waals surface area contributed by atoms with Gasteiger partial charge in [0.1, 0.15) is 11.2 Å². The van der Waals surface area contributed by atoms with Crippen LogP contribution in [0.3, 0.4) is 0 Å². The van der Waals surface area contributed by atoms with Gasteiger partial charge in [-0.15, -0.1) is 0 Å². The van der Waals surface area contributed by atoms with Crippen LogP contribution in [-0.2, 0) is 5.41 Å². The molecule has 3 heterocycles. The lowest BCUT2D eigenvalue weighted by Gasteiger charge is -2.33. The number of hydrogen-bond acceptors (Lipinski definition) is 4. The lowest BCUT2D eigenvalue weighted by atomic mass is 9.71. The maximum absolute atomic E-state index is 6.42. The average molecular weight is 637 g/mol. The van der Waals surface area contributed by atoms with E-state index >= 15 is 0 Å². The minimum absolute atomic E-state index is 0.127.